The summed E-state index contributed by atoms with van der Waals surface area (Å²) in [5.74, 6) is 0.0209. The summed E-state index contributed by atoms with van der Waals surface area (Å²) in [6.07, 6.45) is 4.25. The molecule has 2 N–H and O–H groups in total. The molecule has 1 fully saturated rings. The van der Waals surface area contributed by atoms with Crippen molar-refractivity contribution in [1.82, 2.24) is 14.6 Å². The van der Waals surface area contributed by atoms with E-state index in [0.717, 1.165) is 18.4 Å². The number of aromatic amines is 1. The van der Waals surface area contributed by atoms with Gasteiger partial charge in [-0.05, 0) is 67.5 Å². The van der Waals surface area contributed by atoms with Crippen molar-refractivity contribution in [3.63, 3.8) is 0 Å². The van der Waals surface area contributed by atoms with E-state index in [2.05, 4.69) is 16.6 Å². The zero-order valence-corrected chi connectivity index (χ0v) is 18.9. The maximum Gasteiger partial charge on any atom is 0.241 e. The molecule has 1 saturated heterocycles. The molecule has 3 aromatic rings. The lowest BCUT2D eigenvalue weighted by Crippen LogP contribution is -2.50. The quantitative estimate of drug-likeness (QED) is 0.566. The number of likely N-dealkylation sites (tertiary alicyclic amines) is 1. The van der Waals surface area contributed by atoms with Gasteiger partial charge in [-0.1, -0.05) is 25.1 Å². The van der Waals surface area contributed by atoms with Crippen molar-refractivity contribution in [2.24, 2.45) is 5.92 Å². The van der Waals surface area contributed by atoms with Gasteiger partial charge in [-0.3, -0.25) is 4.79 Å². The molecule has 0 aliphatic carbocycles. The molecule has 8 heteroatoms. The monoisotopic (exact) mass is 457 g/mol. The average molecular weight is 458 g/mol. The number of sulfonamides is 1. The molecule has 2 aromatic carbocycles. The van der Waals surface area contributed by atoms with E-state index in [1.54, 1.807) is 47.5 Å². The number of amides is 1. The van der Waals surface area contributed by atoms with Crippen LogP contribution in [-0.2, 0) is 21.2 Å². The first-order valence-corrected chi connectivity index (χ1v) is 12.4. The van der Waals surface area contributed by atoms with Crippen molar-refractivity contribution in [2.45, 2.75) is 43.5 Å². The number of H-pyrrole nitrogens is 1. The van der Waals surface area contributed by atoms with Gasteiger partial charge in [-0.2, -0.15) is 4.72 Å². The molecule has 6 nitrogen and oxygen atoms in total. The summed E-state index contributed by atoms with van der Waals surface area (Å²) in [5, 5.41) is 0.580. The maximum absolute atomic E-state index is 13.3. The highest BCUT2D eigenvalue weighted by Gasteiger charge is 2.31. The van der Waals surface area contributed by atoms with Crippen LogP contribution in [0.25, 0.3) is 10.9 Å². The molecule has 170 valence electrons. The Morgan fingerprint density at radius 1 is 1.16 bits per heavy atom. The number of benzene rings is 2. The van der Waals surface area contributed by atoms with Gasteiger partial charge >= 0.3 is 0 Å². The summed E-state index contributed by atoms with van der Waals surface area (Å²) in [6.45, 7) is 3.42. The summed E-state index contributed by atoms with van der Waals surface area (Å²) in [5.41, 5.74) is 1.57. The highest BCUT2D eigenvalue weighted by atomic mass is 32.2. The predicted molar refractivity (Wildman–Crippen MR) is 122 cm³/mol. The highest BCUT2D eigenvalue weighted by molar-refractivity contribution is 7.89. The van der Waals surface area contributed by atoms with Crippen molar-refractivity contribution in [3.8, 4) is 0 Å². The van der Waals surface area contributed by atoms with Crippen LogP contribution in [-0.4, -0.2) is 43.3 Å². The largest absolute Gasteiger partial charge is 0.361 e. The third-order valence-corrected chi connectivity index (χ3v) is 7.70. The van der Waals surface area contributed by atoms with Crippen molar-refractivity contribution in [2.75, 3.05) is 13.1 Å². The number of aryl methyl sites for hydroxylation is 1. The molecule has 1 aliphatic rings. The summed E-state index contributed by atoms with van der Waals surface area (Å²) in [6, 6.07) is 11.9. The molecule has 1 atom stereocenters. The average Bonchev–Trinajstić information content (AvgIpc) is 3.26. The Labute approximate surface area is 187 Å². The normalized spacial score (nSPS) is 16.4. The lowest BCUT2D eigenvalue weighted by atomic mass is 9.98. The lowest BCUT2D eigenvalue weighted by Gasteiger charge is -2.33. The molecule has 32 heavy (non-hydrogen) atoms. The van der Waals surface area contributed by atoms with Crippen molar-refractivity contribution in [1.29, 1.82) is 0 Å². The number of rotatable bonds is 7. The second-order valence-corrected chi connectivity index (χ2v) is 10.2. The molecule has 1 amide bonds. The van der Waals surface area contributed by atoms with Gasteiger partial charge in [-0.15, -0.1) is 0 Å². The SMILES string of the molecule is CC1CCN(C(=O)C(CCc2ccc(F)cc2)NS(=O)(=O)c2cccc3[nH]ccc23)CC1. The molecule has 0 radical (unpaired) electrons. The van der Waals surface area contributed by atoms with E-state index in [4.69, 9.17) is 0 Å². The molecule has 2 heterocycles. The van der Waals surface area contributed by atoms with Gasteiger partial charge < -0.3 is 9.88 Å². The molecule has 4 rings (SSSR count). The van der Waals surface area contributed by atoms with Gasteiger partial charge in [0.1, 0.15) is 11.9 Å². The number of fused-ring (bicyclic) bond motifs is 1. The topological polar surface area (TPSA) is 82.3 Å². The van der Waals surface area contributed by atoms with E-state index >= 15 is 0 Å². The number of hydrogen-bond donors (Lipinski definition) is 2. The second kappa shape index (κ2) is 9.42. The Kier molecular flexibility index (Phi) is 6.62. The molecule has 1 aliphatic heterocycles. The Hall–Kier alpha value is -2.71. The third kappa shape index (κ3) is 5.02. The van der Waals surface area contributed by atoms with Gasteiger partial charge in [-0.25, -0.2) is 12.8 Å². The Morgan fingerprint density at radius 3 is 2.59 bits per heavy atom. The second-order valence-electron chi connectivity index (χ2n) is 8.54. The smallest absolute Gasteiger partial charge is 0.241 e. The lowest BCUT2D eigenvalue weighted by molar-refractivity contribution is -0.134. The van der Waals surface area contributed by atoms with Crippen LogP contribution in [0.3, 0.4) is 0 Å². The first-order chi connectivity index (χ1) is 15.3. The van der Waals surface area contributed by atoms with Crippen LogP contribution < -0.4 is 4.72 Å². The fourth-order valence-corrected chi connectivity index (χ4v) is 5.63. The molecular weight excluding hydrogens is 429 g/mol. The van der Waals surface area contributed by atoms with E-state index in [1.807, 2.05) is 0 Å². The molecule has 0 saturated carbocycles. The summed E-state index contributed by atoms with van der Waals surface area (Å²) in [4.78, 5) is 18.3. The van der Waals surface area contributed by atoms with Crippen LogP contribution in [0.2, 0.25) is 0 Å². The van der Waals surface area contributed by atoms with E-state index in [0.29, 0.717) is 42.8 Å². The van der Waals surface area contributed by atoms with Crippen LogP contribution in [0.4, 0.5) is 4.39 Å². The maximum atomic E-state index is 13.3. The van der Waals surface area contributed by atoms with Gasteiger partial charge in [0.15, 0.2) is 0 Å². The third-order valence-electron chi connectivity index (χ3n) is 6.17. The van der Waals surface area contributed by atoms with Gasteiger partial charge in [0, 0.05) is 30.2 Å². The van der Waals surface area contributed by atoms with Crippen LogP contribution in [0.15, 0.2) is 59.6 Å². The number of piperidine rings is 1. The molecule has 1 unspecified atom stereocenters. The number of aromatic nitrogens is 1. The Bertz CT molecular complexity index is 1180. The van der Waals surface area contributed by atoms with Gasteiger partial charge in [0.05, 0.1) is 4.90 Å². The fraction of sp³-hybridized carbons (Fsp3) is 0.375. The zero-order chi connectivity index (χ0) is 22.7. The minimum Gasteiger partial charge on any atom is -0.361 e. The fourth-order valence-electron chi connectivity index (χ4n) is 4.19. The van der Waals surface area contributed by atoms with Gasteiger partial charge in [0.2, 0.25) is 15.9 Å². The van der Waals surface area contributed by atoms with Crippen molar-refractivity contribution in [3.05, 3.63) is 66.1 Å². The standard InChI is InChI=1S/C24H28FN3O3S/c1-17-12-15-28(16-13-17)24(29)22(10-7-18-5-8-19(25)9-6-18)27-32(30,31)23-4-2-3-21-20(23)11-14-26-21/h2-6,8-9,11,14,17,22,26-27H,7,10,12-13,15-16H2,1H3. The van der Waals surface area contributed by atoms with Crippen LogP contribution in [0, 0.1) is 11.7 Å². The zero-order valence-electron chi connectivity index (χ0n) is 18.1. The van der Waals surface area contributed by atoms with Crippen LogP contribution >= 0.6 is 0 Å². The summed E-state index contributed by atoms with van der Waals surface area (Å²) >= 11 is 0. The minimum atomic E-state index is -3.94. The first kappa shape index (κ1) is 22.5. The van der Waals surface area contributed by atoms with Crippen molar-refractivity contribution < 1.29 is 17.6 Å². The van der Waals surface area contributed by atoms with Crippen LogP contribution in [0.1, 0.15) is 31.7 Å². The van der Waals surface area contributed by atoms with Gasteiger partial charge in [0.25, 0.3) is 0 Å². The predicted octanol–water partition coefficient (Wildman–Crippen LogP) is 3.85. The number of hydrogen-bond acceptors (Lipinski definition) is 3. The van der Waals surface area contributed by atoms with E-state index in [1.165, 1.54) is 12.1 Å². The Balaban J connectivity index is 1.58. The van der Waals surface area contributed by atoms with E-state index in [-0.39, 0.29) is 16.6 Å². The number of carbonyl (C=O) groups excluding carboxylic acids is 1. The Morgan fingerprint density at radius 2 is 1.88 bits per heavy atom. The van der Waals surface area contributed by atoms with Crippen LogP contribution in [0.5, 0.6) is 0 Å². The van der Waals surface area contributed by atoms with E-state index < -0.39 is 16.1 Å². The minimum absolute atomic E-state index is 0.142. The van der Waals surface area contributed by atoms with Crippen molar-refractivity contribution >= 4 is 26.8 Å². The molecule has 0 spiro atoms. The molecule has 0 bridgehead atoms. The first-order valence-electron chi connectivity index (χ1n) is 10.9. The van der Waals surface area contributed by atoms with E-state index in [9.17, 15) is 17.6 Å². The highest BCUT2D eigenvalue weighted by Crippen LogP contribution is 2.23. The number of carbonyl (C=O) groups is 1. The summed E-state index contributed by atoms with van der Waals surface area (Å²) in [7, 11) is -3.94. The molecular formula is C24H28FN3O3S. The number of nitrogens with one attached hydrogen (secondary N) is 2. The summed E-state index contributed by atoms with van der Waals surface area (Å²) < 4.78 is 42.5. The number of halogens is 1. The number of nitrogens with zero attached hydrogens (tertiary/aromatic N) is 1. The molecule has 1 aromatic heterocycles.